The van der Waals surface area contributed by atoms with E-state index in [0.717, 1.165) is 26.0 Å². The van der Waals surface area contributed by atoms with Crippen LogP contribution >= 0.6 is 0 Å². The van der Waals surface area contributed by atoms with Crippen molar-refractivity contribution in [2.24, 2.45) is 5.73 Å². The van der Waals surface area contributed by atoms with Crippen LogP contribution in [-0.4, -0.2) is 19.3 Å². The Morgan fingerprint density at radius 3 is 3.00 bits per heavy atom. The van der Waals surface area contributed by atoms with E-state index in [4.69, 9.17) is 10.5 Å². The molecule has 1 unspecified atom stereocenters. The Kier molecular flexibility index (Phi) is 3.01. The molecule has 0 spiro atoms. The first kappa shape index (κ1) is 7.03. The average Bonchev–Trinajstić information content (AvgIpc) is 2.34. The van der Waals surface area contributed by atoms with E-state index in [2.05, 4.69) is 0 Å². The van der Waals surface area contributed by atoms with Gasteiger partial charge in [-0.15, -0.1) is 0 Å². The lowest BCUT2D eigenvalue weighted by molar-refractivity contribution is 0.103. The zero-order chi connectivity index (χ0) is 6.53. The highest BCUT2D eigenvalue weighted by Gasteiger charge is 2.13. The van der Waals surface area contributed by atoms with Gasteiger partial charge in [0.1, 0.15) is 0 Å². The highest BCUT2D eigenvalue weighted by atomic mass is 16.5. The molecule has 0 aliphatic carbocycles. The van der Waals surface area contributed by atoms with Crippen LogP contribution in [-0.2, 0) is 4.74 Å². The molecule has 1 fully saturated rings. The van der Waals surface area contributed by atoms with Gasteiger partial charge >= 0.3 is 0 Å². The van der Waals surface area contributed by atoms with Crippen LogP contribution in [0.2, 0.25) is 0 Å². The van der Waals surface area contributed by atoms with E-state index < -0.39 is 0 Å². The largest absolute Gasteiger partial charge is 0.378 e. The normalized spacial score (nSPS) is 27.0. The monoisotopic (exact) mass is 129 g/mol. The van der Waals surface area contributed by atoms with Crippen molar-refractivity contribution in [1.29, 1.82) is 0 Å². The molecule has 0 aromatic carbocycles. The predicted molar refractivity (Wildman–Crippen MR) is 37.3 cm³/mol. The second kappa shape index (κ2) is 3.85. The van der Waals surface area contributed by atoms with Crippen LogP contribution in [0.1, 0.15) is 25.7 Å². The molecule has 0 saturated carbocycles. The molecule has 2 heteroatoms. The Morgan fingerprint density at radius 2 is 2.44 bits per heavy atom. The van der Waals surface area contributed by atoms with Gasteiger partial charge in [-0.3, -0.25) is 0 Å². The Morgan fingerprint density at radius 1 is 1.56 bits per heavy atom. The maximum absolute atomic E-state index is 5.40. The van der Waals surface area contributed by atoms with Crippen LogP contribution in [0.4, 0.5) is 0 Å². The zero-order valence-electron chi connectivity index (χ0n) is 5.81. The van der Waals surface area contributed by atoms with Gasteiger partial charge in [-0.05, 0) is 32.2 Å². The van der Waals surface area contributed by atoms with E-state index in [0.29, 0.717) is 6.10 Å². The lowest BCUT2D eigenvalue weighted by Crippen LogP contribution is -2.08. The van der Waals surface area contributed by atoms with Gasteiger partial charge < -0.3 is 10.5 Å². The fourth-order valence-corrected chi connectivity index (χ4v) is 1.22. The fraction of sp³-hybridized carbons (Fsp3) is 1.00. The zero-order valence-corrected chi connectivity index (χ0v) is 5.81. The first-order valence-corrected chi connectivity index (χ1v) is 3.75. The molecular weight excluding hydrogens is 114 g/mol. The number of rotatable bonds is 3. The minimum Gasteiger partial charge on any atom is -0.378 e. The Labute approximate surface area is 56.4 Å². The molecule has 0 radical (unpaired) electrons. The van der Waals surface area contributed by atoms with Crippen LogP contribution in [0.3, 0.4) is 0 Å². The van der Waals surface area contributed by atoms with Crippen molar-refractivity contribution >= 4 is 0 Å². The van der Waals surface area contributed by atoms with E-state index in [-0.39, 0.29) is 0 Å². The summed E-state index contributed by atoms with van der Waals surface area (Å²) < 4.78 is 5.40. The highest BCUT2D eigenvalue weighted by molar-refractivity contribution is 4.64. The Hall–Kier alpha value is -0.0800. The summed E-state index contributed by atoms with van der Waals surface area (Å²) in [5.74, 6) is 0. The SMILES string of the molecule is NCCCC1CCCO1. The molecule has 1 aliphatic rings. The van der Waals surface area contributed by atoms with Crippen molar-refractivity contribution in [3.63, 3.8) is 0 Å². The quantitative estimate of drug-likeness (QED) is 0.614. The number of nitrogens with two attached hydrogens (primary N) is 1. The third kappa shape index (κ3) is 2.33. The summed E-state index contributed by atoms with van der Waals surface area (Å²) in [6, 6.07) is 0. The van der Waals surface area contributed by atoms with Crippen LogP contribution < -0.4 is 5.73 Å². The van der Waals surface area contributed by atoms with Gasteiger partial charge in [0.2, 0.25) is 0 Å². The van der Waals surface area contributed by atoms with Gasteiger partial charge in [0.15, 0.2) is 0 Å². The van der Waals surface area contributed by atoms with Crippen LogP contribution in [0.15, 0.2) is 0 Å². The molecule has 0 bridgehead atoms. The summed E-state index contributed by atoms with van der Waals surface area (Å²) in [7, 11) is 0. The van der Waals surface area contributed by atoms with E-state index in [1.165, 1.54) is 12.8 Å². The van der Waals surface area contributed by atoms with Gasteiger partial charge in [0.25, 0.3) is 0 Å². The second-order valence-corrected chi connectivity index (χ2v) is 2.57. The lowest BCUT2D eigenvalue weighted by atomic mass is 10.1. The maximum Gasteiger partial charge on any atom is 0.0576 e. The Bertz CT molecular complexity index is 69.3. The van der Waals surface area contributed by atoms with Crippen molar-refractivity contribution in [2.75, 3.05) is 13.2 Å². The first-order valence-electron chi connectivity index (χ1n) is 3.75. The number of ether oxygens (including phenoxy) is 1. The van der Waals surface area contributed by atoms with E-state index >= 15 is 0 Å². The van der Waals surface area contributed by atoms with Crippen LogP contribution in [0.5, 0.6) is 0 Å². The summed E-state index contributed by atoms with van der Waals surface area (Å²) in [5, 5.41) is 0. The van der Waals surface area contributed by atoms with Crippen molar-refractivity contribution in [2.45, 2.75) is 31.8 Å². The molecule has 0 aromatic heterocycles. The van der Waals surface area contributed by atoms with E-state index in [1.807, 2.05) is 0 Å². The minimum absolute atomic E-state index is 0.536. The molecule has 2 nitrogen and oxygen atoms in total. The van der Waals surface area contributed by atoms with Crippen LogP contribution in [0.25, 0.3) is 0 Å². The predicted octanol–water partition coefficient (Wildman–Crippen LogP) is 0.904. The first-order chi connectivity index (χ1) is 4.43. The standard InChI is InChI=1S/C7H15NO/c8-5-1-3-7-4-2-6-9-7/h7H,1-6,8H2. The molecule has 54 valence electrons. The van der Waals surface area contributed by atoms with Crippen molar-refractivity contribution in [1.82, 2.24) is 0 Å². The van der Waals surface area contributed by atoms with E-state index in [9.17, 15) is 0 Å². The van der Waals surface area contributed by atoms with Gasteiger partial charge in [0, 0.05) is 6.61 Å². The highest BCUT2D eigenvalue weighted by Crippen LogP contribution is 2.15. The molecule has 0 aromatic rings. The smallest absolute Gasteiger partial charge is 0.0576 e. The molecule has 1 rings (SSSR count). The minimum atomic E-state index is 0.536. The van der Waals surface area contributed by atoms with Crippen molar-refractivity contribution in [3.8, 4) is 0 Å². The lowest BCUT2D eigenvalue weighted by Gasteiger charge is -2.06. The van der Waals surface area contributed by atoms with Gasteiger partial charge in [-0.1, -0.05) is 0 Å². The van der Waals surface area contributed by atoms with Crippen molar-refractivity contribution in [3.05, 3.63) is 0 Å². The summed E-state index contributed by atoms with van der Waals surface area (Å²) in [4.78, 5) is 0. The van der Waals surface area contributed by atoms with Gasteiger partial charge in [0.05, 0.1) is 6.10 Å². The summed E-state index contributed by atoms with van der Waals surface area (Å²) in [5.41, 5.74) is 5.35. The second-order valence-electron chi connectivity index (χ2n) is 2.57. The molecule has 1 heterocycles. The third-order valence-corrected chi connectivity index (χ3v) is 1.75. The number of hydrogen-bond acceptors (Lipinski definition) is 2. The molecular formula is C7H15NO. The van der Waals surface area contributed by atoms with Crippen LogP contribution in [0, 0.1) is 0 Å². The molecule has 2 N–H and O–H groups in total. The molecule has 1 aliphatic heterocycles. The Balaban J connectivity index is 1.98. The topological polar surface area (TPSA) is 35.2 Å². The molecule has 0 amide bonds. The van der Waals surface area contributed by atoms with Crippen molar-refractivity contribution < 1.29 is 4.74 Å². The molecule has 1 saturated heterocycles. The third-order valence-electron chi connectivity index (χ3n) is 1.75. The van der Waals surface area contributed by atoms with Gasteiger partial charge in [-0.25, -0.2) is 0 Å². The van der Waals surface area contributed by atoms with Gasteiger partial charge in [-0.2, -0.15) is 0 Å². The molecule has 1 atom stereocenters. The average molecular weight is 129 g/mol. The number of hydrogen-bond donors (Lipinski definition) is 1. The fourth-order valence-electron chi connectivity index (χ4n) is 1.22. The van der Waals surface area contributed by atoms with E-state index in [1.54, 1.807) is 0 Å². The maximum atomic E-state index is 5.40. The summed E-state index contributed by atoms with van der Waals surface area (Å²) >= 11 is 0. The summed E-state index contributed by atoms with van der Waals surface area (Å²) in [6.07, 6.45) is 5.31. The summed E-state index contributed by atoms with van der Waals surface area (Å²) in [6.45, 7) is 1.77. The molecule has 9 heavy (non-hydrogen) atoms.